The van der Waals surface area contributed by atoms with E-state index in [9.17, 15) is 4.79 Å². The molecular formula is C16H14ClN3O. The highest BCUT2D eigenvalue weighted by molar-refractivity contribution is 6.31. The van der Waals surface area contributed by atoms with Crippen molar-refractivity contribution in [2.45, 2.75) is 13.3 Å². The molecule has 2 N–H and O–H groups in total. The van der Waals surface area contributed by atoms with Crippen LogP contribution in [0.5, 0.6) is 0 Å². The molecule has 0 aliphatic carbocycles. The van der Waals surface area contributed by atoms with E-state index in [0.29, 0.717) is 17.3 Å². The van der Waals surface area contributed by atoms with Gasteiger partial charge in [-0.15, -0.1) is 0 Å². The second kappa shape index (κ2) is 5.22. The SMILES string of the molecule is CCc1nc(N)ccc1-n1c(=O)ccc2ccc(Cl)cc21. The van der Waals surface area contributed by atoms with E-state index < -0.39 is 0 Å². The zero-order valence-electron chi connectivity index (χ0n) is 11.5. The number of nitrogens with two attached hydrogens (primary N) is 1. The first-order chi connectivity index (χ1) is 10.1. The molecule has 0 radical (unpaired) electrons. The highest BCUT2D eigenvalue weighted by Gasteiger charge is 2.11. The first-order valence-electron chi connectivity index (χ1n) is 6.67. The van der Waals surface area contributed by atoms with E-state index in [2.05, 4.69) is 4.98 Å². The van der Waals surface area contributed by atoms with Gasteiger partial charge in [0.25, 0.3) is 5.56 Å². The lowest BCUT2D eigenvalue weighted by molar-refractivity contribution is 0.951. The summed E-state index contributed by atoms with van der Waals surface area (Å²) in [6, 6.07) is 12.3. The molecule has 2 aromatic heterocycles. The molecule has 0 fully saturated rings. The Hall–Kier alpha value is -2.33. The third kappa shape index (κ3) is 2.38. The average Bonchev–Trinajstić information content (AvgIpc) is 2.47. The van der Waals surface area contributed by atoms with Crippen LogP contribution in [0.15, 0.2) is 47.3 Å². The molecule has 0 atom stereocenters. The fourth-order valence-corrected chi connectivity index (χ4v) is 2.60. The van der Waals surface area contributed by atoms with Gasteiger partial charge in [-0.1, -0.05) is 24.6 Å². The van der Waals surface area contributed by atoms with Crippen molar-refractivity contribution >= 4 is 28.3 Å². The van der Waals surface area contributed by atoms with Crippen LogP contribution >= 0.6 is 11.6 Å². The van der Waals surface area contributed by atoms with E-state index in [0.717, 1.165) is 22.3 Å². The number of nitrogen functional groups attached to an aromatic ring is 1. The lowest BCUT2D eigenvalue weighted by Crippen LogP contribution is -2.19. The Kier molecular flexibility index (Phi) is 3.39. The Labute approximate surface area is 126 Å². The van der Waals surface area contributed by atoms with Crippen molar-refractivity contribution in [2.24, 2.45) is 0 Å². The molecular weight excluding hydrogens is 286 g/mol. The maximum atomic E-state index is 12.4. The Morgan fingerprint density at radius 2 is 1.95 bits per heavy atom. The Bertz CT molecular complexity index is 886. The minimum absolute atomic E-state index is 0.119. The zero-order valence-corrected chi connectivity index (χ0v) is 12.3. The summed E-state index contributed by atoms with van der Waals surface area (Å²) < 4.78 is 1.63. The molecule has 1 aromatic carbocycles. The molecule has 0 saturated heterocycles. The molecule has 0 spiro atoms. The highest BCUT2D eigenvalue weighted by Crippen LogP contribution is 2.22. The minimum atomic E-state index is -0.119. The Morgan fingerprint density at radius 3 is 2.71 bits per heavy atom. The number of aromatic nitrogens is 2. The van der Waals surface area contributed by atoms with Crippen LogP contribution in [-0.2, 0) is 6.42 Å². The fraction of sp³-hybridized carbons (Fsp3) is 0.125. The topological polar surface area (TPSA) is 60.9 Å². The molecule has 3 aromatic rings. The molecule has 5 heteroatoms. The molecule has 0 bridgehead atoms. The van der Waals surface area contributed by atoms with E-state index in [1.54, 1.807) is 34.9 Å². The Morgan fingerprint density at radius 1 is 1.19 bits per heavy atom. The van der Waals surface area contributed by atoms with Crippen LogP contribution in [0.2, 0.25) is 5.02 Å². The van der Waals surface area contributed by atoms with Gasteiger partial charge in [-0.2, -0.15) is 0 Å². The van der Waals surface area contributed by atoms with Crippen molar-refractivity contribution < 1.29 is 0 Å². The molecule has 0 unspecified atom stereocenters. The van der Waals surface area contributed by atoms with Crippen LogP contribution in [0.25, 0.3) is 16.6 Å². The second-order valence-corrected chi connectivity index (χ2v) is 5.20. The number of rotatable bonds is 2. The van der Waals surface area contributed by atoms with Crippen molar-refractivity contribution in [3.63, 3.8) is 0 Å². The van der Waals surface area contributed by atoms with Gasteiger partial charge in [0.1, 0.15) is 5.82 Å². The molecule has 4 nitrogen and oxygen atoms in total. The van der Waals surface area contributed by atoms with Gasteiger partial charge < -0.3 is 5.73 Å². The number of fused-ring (bicyclic) bond motifs is 1. The zero-order chi connectivity index (χ0) is 15.0. The number of benzene rings is 1. The highest BCUT2D eigenvalue weighted by atomic mass is 35.5. The second-order valence-electron chi connectivity index (χ2n) is 4.77. The lowest BCUT2D eigenvalue weighted by Gasteiger charge is -2.13. The summed E-state index contributed by atoms with van der Waals surface area (Å²) in [5.74, 6) is 0.446. The van der Waals surface area contributed by atoms with Gasteiger partial charge in [-0.3, -0.25) is 9.36 Å². The summed E-state index contributed by atoms with van der Waals surface area (Å²) in [6.45, 7) is 1.98. The lowest BCUT2D eigenvalue weighted by atomic mass is 10.1. The molecule has 0 saturated carbocycles. The van der Waals surface area contributed by atoms with Crippen LogP contribution in [0.1, 0.15) is 12.6 Å². The van der Waals surface area contributed by atoms with Gasteiger partial charge in [-0.05, 0) is 42.1 Å². The largest absolute Gasteiger partial charge is 0.384 e. The van der Waals surface area contributed by atoms with Gasteiger partial charge in [-0.25, -0.2) is 4.98 Å². The number of pyridine rings is 2. The molecule has 106 valence electrons. The first kappa shape index (κ1) is 13.6. The van der Waals surface area contributed by atoms with E-state index in [1.165, 1.54) is 0 Å². The van der Waals surface area contributed by atoms with Gasteiger partial charge in [0.05, 0.1) is 16.9 Å². The van der Waals surface area contributed by atoms with Gasteiger partial charge in [0.2, 0.25) is 0 Å². The molecule has 21 heavy (non-hydrogen) atoms. The van der Waals surface area contributed by atoms with Crippen molar-refractivity contribution in [2.75, 3.05) is 5.73 Å². The van der Waals surface area contributed by atoms with Crippen molar-refractivity contribution in [3.8, 4) is 5.69 Å². The molecule has 3 rings (SSSR count). The maximum Gasteiger partial charge on any atom is 0.255 e. The fourth-order valence-electron chi connectivity index (χ4n) is 2.43. The number of hydrogen-bond donors (Lipinski definition) is 1. The molecule has 2 heterocycles. The summed E-state index contributed by atoms with van der Waals surface area (Å²) in [5.41, 5.74) is 7.90. The smallest absolute Gasteiger partial charge is 0.255 e. The van der Waals surface area contributed by atoms with E-state index in [-0.39, 0.29) is 5.56 Å². The van der Waals surface area contributed by atoms with Crippen LogP contribution in [0.3, 0.4) is 0 Å². The monoisotopic (exact) mass is 299 g/mol. The number of aryl methyl sites for hydroxylation is 1. The number of hydrogen-bond acceptors (Lipinski definition) is 3. The van der Waals surface area contributed by atoms with Gasteiger partial charge in [0.15, 0.2) is 0 Å². The Balaban J connectivity index is 2.42. The summed E-state index contributed by atoms with van der Waals surface area (Å²) >= 11 is 6.08. The van der Waals surface area contributed by atoms with E-state index >= 15 is 0 Å². The number of nitrogens with zero attached hydrogens (tertiary/aromatic N) is 2. The maximum absolute atomic E-state index is 12.4. The molecule has 0 aliphatic rings. The third-order valence-electron chi connectivity index (χ3n) is 3.41. The molecule has 0 aliphatic heterocycles. The van der Waals surface area contributed by atoms with E-state index in [1.807, 2.05) is 19.1 Å². The van der Waals surface area contributed by atoms with Gasteiger partial charge in [0, 0.05) is 11.1 Å². The predicted octanol–water partition coefficient (Wildman–Crippen LogP) is 3.18. The summed E-state index contributed by atoms with van der Waals surface area (Å²) in [7, 11) is 0. The van der Waals surface area contributed by atoms with Crippen LogP contribution in [0.4, 0.5) is 5.82 Å². The predicted molar refractivity (Wildman–Crippen MR) is 86.1 cm³/mol. The summed E-state index contributed by atoms with van der Waals surface area (Å²) in [6.07, 6.45) is 0.684. The first-order valence-corrected chi connectivity index (χ1v) is 7.05. The van der Waals surface area contributed by atoms with Crippen LogP contribution in [0, 0.1) is 0 Å². The average molecular weight is 300 g/mol. The van der Waals surface area contributed by atoms with Crippen molar-refractivity contribution in [3.05, 3.63) is 63.5 Å². The van der Waals surface area contributed by atoms with Gasteiger partial charge >= 0.3 is 0 Å². The standard InChI is InChI=1S/C16H14ClN3O/c1-2-12-13(6-7-15(18)19-12)20-14-9-11(17)5-3-10(14)4-8-16(20)21/h3-9H,2H2,1H3,(H2,18,19). The normalized spacial score (nSPS) is 11.0. The third-order valence-corrected chi connectivity index (χ3v) is 3.64. The van der Waals surface area contributed by atoms with Crippen LogP contribution < -0.4 is 11.3 Å². The quantitative estimate of drug-likeness (QED) is 0.790. The summed E-state index contributed by atoms with van der Waals surface area (Å²) in [5, 5.41) is 1.53. The van der Waals surface area contributed by atoms with E-state index in [4.69, 9.17) is 17.3 Å². The summed E-state index contributed by atoms with van der Waals surface area (Å²) in [4.78, 5) is 16.7. The minimum Gasteiger partial charge on any atom is -0.384 e. The number of anilines is 1. The van der Waals surface area contributed by atoms with Crippen molar-refractivity contribution in [1.82, 2.24) is 9.55 Å². The number of halogens is 1. The molecule has 0 amide bonds. The van der Waals surface area contributed by atoms with Crippen molar-refractivity contribution in [1.29, 1.82) is 0 Å². The van der Waals surface area contributed by atoms with Crippen LogP contribution in [-0.4, -0.2) is 9.55 Å².